The van der Waals surface area contributed by atoms with E-state index in [2.05, 4.69) is 30.9 Å². The normalized spacial score (nSPS) is 16.2. The van der Waals surface area contributed by atoms with Gasteiger partial charge in [-0.15, -0.1) is 0 Å². The lowest BCUT2D eigenvalue weighted by Gasteiger charge is -2.26. The summed E-state index contributed by atoms with van der Waals surface area (Å²) in [6.45, 7) is 4.44. The van der Waals surface area contributed by atoms with E-state index in [9.17, 15) is 4.79 Å². The van der Waals surface area contributed by atoms with Crippen LogP contribution in [0.4, 0.5) is 0 Å². The molecule has 11 nitrogen and oxygen atoms in total. The van der Waals surface area contributed by atoms with Gasteiger partial charge in [-0.05, 0) is 13.8 Å². The number of imidazole rings is 1. The van der Waals surface area contributed by atoms with Gasteiger partial charge in [-0.1, -0.05) is 0 Å². The molecule has 172 valence electrons. The monoisotopic (exact) mass is 451 g/mol. The minimum absolute atomic E-state index is 0.108. The number of benzene rings is 1. The van der Waals surface area contributed by atoms with E-state index in [0.717, 1.165) is 0 Å². The van der Waals surface area contributed by atoms with Crippen molar-refractivity contribution < 1.29 is 18.7 Å². The van der Waals surface area contributed by atoms with E-state index in [-0.39, 0.29) is 17.3 Å². The Labute approximate surface area is 189 Å². The molecule has 0 bridgehead atoms. The minimum atomic E-state index is -0.400. The van der Waals surface area contributed by atoms with E-state index in [1.165, 1.54) is 12.7 Å². The van der Waals surface area contributed by atoms with Gasteiger partial charge in [0, 0.05) is 24.9 Å². The van der Waals surface area contributed by atoms with Crippen LogP contribution in [0.3, 0.4) is 0 Å². The second kappa shape index (κ2) is 9.07. The van der Waals surface area contributed by atoms with Gasteiger partial charge in [0.2, 0.25) is 0 Å². The molecule has 1 aliphatic rings. The van der Waals surface area contributed by atoms with Gasteiger partial charge in [-0.2, -0.15) is 0 Å². The molecule has 33 heavy (non-hydrogen) atoms. The highest BCUT2D eigenvalue weighted by molar-refractivity contribution is 6.33. The van der Waals surface area contributed by atoms with Crippen LogP contribution < -0.4 is 25.4 Å². The third-order valence-corrected chi connectivity index (χ3v) is 5.18. The summed E-state index contributed by atoms with van der Waals surface area (Å²) in [4.78, 5) is 25.1. The average Bonchev–Trinajstić information content (AvgIpc) is 3.49. The fourth-order valence-corrected chi connectivity index (χ4v) is 3.48. The van der Waals surface area contributed by atoms with Crippen LogP contribution in [0.15, 0.2) is 46.8 Å². The molecule has 0 aliphatic carbocycles. The van der Waals surface area contributed by atoms with Crippen molar-refractivity contribution in [2.45, 2.75) is 19.9 Å². The van der Waals surface area contributed by atoms with Gasteiger partial charge >= 0.3 is 0 Å². The van der Waals surface area contributed by atoms with E-state index < -0.39 is 5.91 Å². The molecular formula is C22H25N7O4. The topological polar surface area (TPSA) is 150 Å². The number of nitrogens with one attached hydrogen (secondary N) is 5. The Morgan fingerprint density at radius 2 is 2.03 bits per heavy atom. The first-order chi connectivity index (χ1) is 16.0. The number of aromatic nitrogens is 3. The van der Waals surface area contributed by atoms with Gasteiger partial charge in [0.05, 0.1) is 42.7 Å². The number of fused-ring (bicyclic) bond motifs is 1. The van der Waals surface area contributed by atoms with Crippen molar-refractivity contribution in [1.29, 1.82) is 5.41 Å². The Morgan fingerprint density at radius 1 is 1.27 bits per heavy atom. The third kappa shape index (κ3) is 4.12. The van der Waals surface area contributed by atoms with Crippen LogP contribution in [-0.4, -0.2) is 47.3 Å². The van der Waals surface area contributed by atoms with Crippen molar-refractivity contribution in [1.82, 2.24) is 30.9 Å². The second-order valence-electron chi connectivity index (χ2n) is 7.28. The number of methoxy groups -OCH3 is 2. The first kappa shape index (κ1) is 21.9. The summed E-state index contributed by atoms with van der Waals surface area (Å²) in [6, 6.07) is 3.14. The number of H-pyrrole nitrogens is 1. The summed E-state index contributed by atoms with van der Waals surface area (Å²) in [7, 11) is 3.09. The predicted molar refractivity (Wildman–Crippen MR) is 122 cm³/mol. The van der Waals surface area contributed by atoms with E-state index in [4.69, 9.17) is 19.3 Å². The zero-order chi connectivity index (χ0) is 23.5. The van der Waals surface area contributed by atoms with Crippen molar-refractivity contribution in [2.24, 2.45) is 0 Å². The maximum absolute atomic E-state index is 13.2. The van der Waals surface area contributed by atoms with Crippen LogP contribution in [-0.2, 0) is 4.79 Å². The lowest BCUT2D eigenvalue weighted by Crippen LogP contribution is -2.41. The van der Waals surface area contributed by atoms with Crippen LogP contribution in [0.25, 0.3) is 16.6 Å². The van der Waals surface area contributed by atoms with Crippen molar-refractivity contribution in [2.75, 3.05) is 20.8 Å². The van der Waals surface area contributed by atoms with Gasteiger partial charge in [-0.3, -0.25) is 10.2 Å². The van der Waals surface area contributed by atoms with Crippen molar-refractivity contribution in [3.8, 4) is 11.5 Å². The molecule has 1 amide bonds. The molecule has 11 heteroatoms. The largest absolute Gasteiger partial charge is 0.493 e. The standard InChI is InChI=1S/C22H25N7O4/c1-5-24-8-14-19(23)20(26-11(2)15-9-33-10-25-15)18(22(30)29-14)21-27-12-6-16(31-3)17(32-4)7-13(12)28-21/h6-11,23-24,26H,5H2,1-4H3,(H,27,28)(H,29,30)/b14-8+,23-19?. The molecule has 1 aromatic carbocycles. The molecule has 0 radical (unpaired) electrons. The first-order valence-electron chi connectivity index (χ1n) is 10.3. The van der Waals surface area contributed by atoms with Crippen molar-refractivity contribution >= 4 is 28.2 Å². The SMILES string of the molecule is CCN/C=C1/NC(=O)C(c2nc3cc(OC)c(OC)cc3[nH]2)=C(NC(C)c2cocn2)C1=N. The maximum atomic E-state index is 13.2. The molecule has 0 spiro atoms. The number of carbonyl (C=O) groups is 1. The smallest absolute Gasteiger partial charge is 0.261 e. The molecule has 4 rings (SSSR count). The fraction of sp³-hybridized carbons (Fsp3) is 0.273. The van der Waals surface area contributed by atoms with Gasteiger partial charge in [-0.25, -0.2) is 9.97 Å². The lowest BCUT2D eigenvalue weighted by atomic mass is 10.0. The number of rotatable bonds is 8. The van der Waals surface area contributed by atoms with Gasteiger partial charge in [0.1, 0.15) is 29.1 Å². The van der Waals surface area contributed by atoms with Gasteiger partial charge in [0.15, 0.2) is 17.9 Å². The zero-order valence-corrected chi connectivity index (χ0v) is 18.7. The number of ether oxygens (including phenoxy) is 2. The third-order valence-electron chi connectivity index (χ3n) is 5.18. The molecule has 0 saturated heterocycles. The maximum Gasteiger partial charge on any atom is 0.261 e. The fourth-order valence-electron chi connectivity index (χ4n) is 3.48. The van der Waals surface area contributed by atoms with E-state index in [0.29, 0.717) is 52.0 Å². The quantitative estimate of drug-likeness (QED) is 0.350. The van der Waals surface area contributed by atoms with Gasteiger partial charge < -0.3 is 34.8 Å². The highest BCUT2D eigenvalue weighted by Crippen LogP contribution is 2.33. The zero-order valence-electron chi connectivity index (χ0n) is 18.7. The van der Waals surface area contributed by atoms with E-state index >= 15 is 0 Å². The van der Waals surface area contributed by atoms with Crippen LogP contribution in [0.5, 0.6) is 11.5 Å². The van der Waals surface area contributed by atoms with Crippen LogP contribution in [0.1, 0.15) is 31.4 Å². The molecule has 1 unspecified atom stereocenters. The van der Waals surface area contributed by atoms with Crippen molar-refractivity contribution in [3.63, 3.8) is 0 Å². The van der Waals surface area contributed by atoms with Gasteiger partial charge in [0.25, 0.3) is 5.91 Å². The Hall–Kier alpha value is -4.28. The van der Waals surface area contributed by atoms with Crippen molar-refractivity contribution in [3.05, 3.63) is 53.9 Å². The Morgan fingerprint density at radius 3 is 2.70 bits per heavy atom. The van der Waals surface area contributed by atoms with E-state index in [1.807, 2.05) is 13.8 Å². The van der Waals surface area contributed by atoms with E-state index in [1.54, 1.807) is 32.6 Å². The molecule has 0 fully saturated rings. The lowest BCUT2D eigenvalue weighted by molar-refractivity contribution is -0.115. The highest BCUT2D eigenvalue weighted by Gasteiger charge is 2.32. The number of nitrogens with zero attached hydrogens (tertiary/aromatic N) is 2. The summed E-state index contributed by atoms with van der Waals surface area (Å²) < 4.78 is 15.8. The molecule has 5 N–H and O–H groups in total. The van der Waals surface area contributed by atoms with Crippen LogP contribution >= 0.6 is 0 Å². The summed E-state index contributed by atoms with van der Waals surface area (Å²) in [5, 5.41) is 17.8. The molecule has 0 saturated carbocycles. The highest BCUT2D eigenvalue weighted by atomic mass is 16.5. The number of oxazole rings is 1. The second-order valence-corrected chi connectivity index (χ2v) is 7.28. The molecule has 1 atom stereocenters. The number of carbonyl (C=O) groups excluding carboxylic acids is 1. The van der Waals surface area contributed by atoms with Crippen LogP contribution in [0, 0.1) is 5.41 Å². The summed E-state index contributed by atoms with van der Waals surface area (Å²) in [5.74, 6) is 0.957. The summed E-state index contributed by atoms with van der Waals surface area (Å²) in [6.07, 6.45) is 4.45. The number of amides is 1. The molecular weight excluding hydrogens is 426 g/mol. The Balaban J connectivity index is 1.85. The Bertz CT molecular complexity index is 1220. The predicted octanol–water partition coefficient (Wildman–Crippen LogP) is 2.23. The first-order valence-corrected chi connectivity index (χ1v) is 10.3. The number of hydrogen-bond acceptors (Lipinski definition) is 9. The molecule has 3 aromatic rings. The Kier molecular flexibility index (Phi) is 6.03. The molecule has 1 aliphatic heterocycles. The average molecular weight is 451 g/mol. The molecule has 3 heterocycles. The molecule has 2 aromatic heterocycles. The number of aromatic amines is 1. The summed E-state index contributed by atoms with van der Waals surface area (Å²) in [5.41, 5.74) is 2.86. The summed E-state index contributed by atoms with van der Waals surface area (Å²) >= 11 is 0. The van der Waals surface area contributed by atoms with Crippen LogP contribution in [0.2, 0.25) is 0 Å². The minimum Gasteiger partial charge on any atom is -0.493 e. The number of hydrogen-bond donors (Lipinski definition) is 5.